The third-order valence-corrected chi connectivity index (χ3v) is 2.65. The van der Waals surface area contributed by atoms with Crippen molar-refractivity contribution in [2.75, 3.05) is 26.2 Å². The number of hydrogen-bond acceptors (Lipinski definition) is 4. The van der Waals surface area contributed by atoms with E-state index in [1.54, 1.807) is 0 Å². The van der Waals surface area contributed by atoms with Crippen molar-refractivity contribution < 1.29 is 4.74 Å². The van der Waals surface area contributed by atoms with Crippen LogP contribution in [-0.4, -0.2) is 47.0 Å². The van der Waals surface area contributed by atoms with Crippen molar-refractivity contribution in [1.82, 2.24) is 14.7 Å². The van der Waals surface area contributed by atoms with Crippen molar-refractivity contribution in [3.05, 3.63) is 18.0 Å². The van der Waals surface area contributed by atoms with E-state index in [-0.39, 0.29) is 18.5 Å². The van der Waals surface area contributed by atoms with Gasteiger partial charge in [0.15, 0.2) is 0 Å². The third-order valence-electron chi connectivity index (χ3n) is 2.65. The summed E-state index contributed by atoms with van der Waals surface area (Å²) < 4.78 is 7.34. The first-order chi connectivity index (χ1) is 7.28. The van der Waals surface area contributed by atoms with E-state index in [0.717, 1.165) is 26.2 Å². The molecule has 5 nitrogen and oxygen atoms in total. The molecule has 1 aromatic rings. The minimum Gasteiger partial charge on any atom is -0.374 e. The molecule has 1 fully saturated rings. The Morgan fingerprint density at radius 2 is 2.44 bits per heavy atom. The molecule has 1 aliphatic rings. The van der Waals surface area contributed by atoms with Crippen molar-refractivity contribution in [2.24, 2.45) is 12.8 Å². The minimum absolute atomic E-state index is 0. The average molecular weight is 247 g/mol. The predicted molar refractivity (Wildman–Crippen MR) is 64.5 cm³/mol. The molecule has 92 valence electrons. The maximum atomic E-state index is 5.59. The largest absolute Gasteiger partial charge is 0.374 e. The summed E-state index contributed by atoms with van der Waals surface area (Å²) in [6.07, 6.45) is 4.15. The second-order valence-corrected chi connectivity index (χ2v) is 3.99. The molecule has 16 heavy (non-hydrogen) atoms. The van der Waals surface area contributed by atoms with Crippen LogP contribution >= 0.6 is 12.4 Å². The molecule has 1 atom stereocenters. The van der Waals surface area contributed by atoms with E-state index in [9.17, 15) is 0 Å². The summed E-state index contributed by atoms with van der Waals surface area (Å²) in [5.74, 6) is 0. The van der Waals surface area contributed by atoms with Crippen molar-refractivity contribution >= 4 is 12.4 Å². The second-order valence-electron chi connectivity index (χ2n) is 3.99. The predicted octanol–water partition coefficient (Wildman–Crippen LogP) is 0.00140. The molecule has 2 heterocycles. The van der Waals surface area contributed by atoms with Crippen LogP contribution in [0.2, 0.25) is 0 Å². The summed E-state index contributed by atoms with van der Waals surface area (Å²) in [5, 5.41) is 4.16. The molecule has 0 spiro atoms. The Kier molecular flexibility index (Phi) is 5.21. The first-order valence-electron chi connectivity index (χ1n) is 5.29. The highest BCUT2D eigenvalue weighted by Crippen LogP contribution is 2.08. The third kappa shape index (κ3) is 3.45. The summed E-state index contributed by atoms with van der Waals surface area (Å²) in [4.78, 5) is 2.36. The van der Waals surface area contributed by atoms with Crippen LogP contribution in [0.5, 0.6) is 0 Å². The zero-order valence-electron chi connectivity index (χ0n) is 9.50. The zero-order valence-corrected chi connectivity index (χ0v) is 10.3. The summed E-state index contributed by atoms with van der Waals surface area (Å²) in [5.41, 5.74) is 6.84. The molecule has 1 aromatic heterocycles. The maximum Gasteiger partial charge on any atom is 0.0824 e. The van der Waals surface area contributed by atoms with Crippen molar-refractivity contribution in [3.8, 4) is 0 Å². The highest BCUT2D eigenvalue weighted by atomic mass is 35.5. The van der Waals surface area contributed by atoms with Crippen LogP contribution in [0.3, 0.4) is 0 Å². The Morgan fingerprint density at radius 3 is 3.06 bits per heavy atom. The van der Waals surface area contributed by atoms with Gasteiger partial charge in [-0.1, -0.05) is 0 Å². The number of rotatable bonds is 3. The fourth-order valence-electron chi connectivity index (χ4n) is 1.88. The molecule has 0 saturated carbocycles. The molecule has 0 aromatic carbocycles. The number of hydrogen-bond donors (Lipinski definition) is 1. The Bertz CT molecular complexity index is 318. The highest BCUT2D eigenvalue weighted by molar-refractivity contribution is 5.85. The molecule has 1 aliphatic heterocycles. The molecule has 0 amide bonds. The van der Waals surface area contributed by atoms with E-state index in [0.29, 0.717) is 6.54 Å². The van der Waals surface area contributed by atoms with Gasteiger partial charge in [-0.3, -0.25) is 9.58 Å². The number of aromatic nitrogens is 2. The Hall–Kier alpha value is -0.620. The molecular formula is C10H19ClN4O. The fraction of sp³-hybridized carbons (Fsp3) is 0.700. The second kappa shape index (κ2) is 6.20. The number of aryl methyl sites for hydroxylation is 1. The molecule has 2 N–H and O–H groups in total. The molecule has 0 aliphatic carbocycles. The summed E-state index contributed by atoms with van der Waals surface area (Å²) >= 11 is 0. The number of nitrogens with zero attached hydrogens (tertiary/aromatic N) is 3. The lowest BCUT2D eigenvalue weighted by molar-refractivity contribution is -0.0260. The smallest absolute Gasteiger partial charge is 0.0824 e. The monoisotopic (exact) mass is 246 g/mol. The normalized spacial score (nSPS) is 21.8. The van der Waals surface area contributed by atoms with E-state index in [2.05, 4.69) is 10.00 Å². The summed E-state index contributed by atoms with van der Waals surface area (Å²) in [7, 11) is 1.94. The van der Waals surface area contributed by atoms with Gasteiger partial charge in [0.05, 0.1) is 18.9 Å². The van der Waals surface area contributed by atoms with Gasteiger partial charge in [0.2, 0.25) is 0 Å². The first kappa shape index (κ1) is 13.4. The first-order valence-corrected chi connectivity index (χ1v) is 5.29. The zero-order chi connectivity index (χ0) is 10.7. The highest BCUT2D eigenvalue weighted by Gasteiger charge is 2.19. The average Bonchev–Trinajstić information content (AvgIpc) is 2.64. The molecule has 0 radical (unpaired) electrons. The van der Waals surface area contributed by atoms with E-state index in [4.69, 9.17) is 10.5 Å². The van der Waals surface area contributed by atoms with Crippen LogP contribution in [0.4, 0.5) is 0 Å². The quantitative estimate of drug-likeness (QED) is 0.816. The van der Waals surface area contributed by atoms with Crippen LogP contribution in [0.25, 0.3) is 0 Å². The van der Waals surface area contributed by atoms with Gasteiger partial charge in [0.1, 0.15) is 0 Å². The fourth-order valence-corrected chi connectivity index (χ4v) is 1.88. The van der Waals surface area contributed by atoms with Crippen LogP contribution in [0.15, 0.2) is 12.4 Å². The Morgan fingerprint density at radius 1 is 1.62 bits per heavy atom. The van der Waals surface area contributed by atoms with E-state index in [1.807, 2.05) is 24.1 Å². The lowest BCUT2D eigenvalue weighted by Gasteiger charge is -2.31. The van der Waals surface area contributed by atoms with Crippen LogP contribution in [0, 0.1) is 0 Å². The molecule has 6 heteroatoms. The van der Waals surface area contributed by atoms with Crippen molar-refractivity contribution in [3.63, 3.8) is 0 Å². The van der Waals surface area contributed by atoms with Gasteiger partial charge in [-0.25, -0.2) is 0 Å². The number of halogens is 1. The van der Waals surface area contributed by atoms with Crippen molar-refractivity contribution in [2.45, 2.75) is 12.6 Å². The molecular weight excluding hydrogens is 228 g/mol. The van der Waals surface area contributed by atoms with Crippen molar-refractivity contribution in [1.29, 1.82) is 0 Å². The minimum atomic E-state index is 0. The Balaban J connectivity index is 0.00000128. The number of morpholine rings is 1. The van der Waals surface area contributed by atoms with Crippen LogP contribution in [0.1, 0.15) is 5.56 Å². The van der Waals surface area contributed by atoms with Gasteiger partial charge >= 0.3 is 0 Å². The maximum absolute atomic E-state index is 5.59. The lowest BCUT2D eigenvalue weighted by atomic mass is 10.2. The summed E-state index contributed by atoms with van der Waals surface area (Å²) in [6, 6.07) is 0. The van der Waals surface area contributed by atoms with E-state index >= 15 is 0 Å². The number of nitrogens with two attached hydrogens (primary N) is 1. The Labute approximate surface area is 102 Å². The van der Waals surface area contributed by atoms with Gasteiger partial charge in [-0.05, 0) is 0 Å². The molecule has 2 rings (SSSR count). The number of ether oxygens (including phenoxy) is 1. The van der Waals surface area contributed by atoms with Gasteiger partial charge in [0, 0.05) is 45.0 Å². The molecule has 1 saturated heterocycles. The van der Waals surface area contributed by atoms with Gasteiger partial charge in [-0.15, -0.1) is 12.4 Å². The van der Waals surface area contributed by atoms with Gasteiger partial charge < -0.3 is 10.5 Å². The van der Waals surface area contributed by atoms with Crippen LogP contribution in [-0.2, 0) is 18.3 Å². The lowest BCUT2D eigenvalue weighted by Crippen LogP contribution is -2.45. The van der Waals surface area contributed by atoms with Gasteiger partial charge in [0.25, 0.3) is 0 Å². The van der Waals surface area contributed by atoms with Gasteiger partial charge in [-0.2, -0.15) is 5.10 Å². The van der Waals surface area contributed by atoms with Crippen LogP contribution < -0.4 is 5.73 Å². The summed E-state index contributed by atoms with van der Waals surface area (Å²) in [6.45, 7) is 4.22. The topological polar surface area (TPSA) is 56.3 Å². The van der Waals surface area contributed by atoms with E-state index < -0.39 is 0 Å². The standard InChI is InChI=1S/C10H18N4O.ClH/c1-13-6-9(5-12-13)7-14-2-3-15-10(4-11)8-14;/h5-6,10H,2-4,7-8,11H2,1H3;1H. The SMILES string of the molecule is Cl.Cn1cc(CN2CCOC(CN)C2)cn1. The van der Waals surface area contributed by atoms with E-state index in [1.165, 1.54) is 5.56 Å². The molecule has 0 bridgehead atoms. The molecule has 1 unspecified atom stereocenters.